The van der Waals surface area contributed by atoms with E-state index in [0.29, 0.717) is 0 Å². The standard InChI is InChI=1S/C15H18F4N2O/c1-14(2)9-13(22)20-21(14)12(15(17,18)19)8-7-10-5-3-4-6-11(10)16/h3-6,12H,7-9H2,1-2H3,(H,20,22)/t12-/m0/s1. The van der Waals surface area contributed by atoms with Gasteiger partial charge in [-0.1, -0.05) is 18.2 Å². The van der Waals surface area contributed by atoms with Gasteiger partial charge in [0, 0.05) is 12.0 Å². The molecule has 7 heteroatoms. The minimum Gasteiger partial charge on any atom is -0.288 e. The number of benzene rings is 1. The van der Waals surface area contributed by atoms with Crippen LogP contribution in [0.4, 0.5) is 17.6 Å². The number of hydrogen-bond donors (Lipinski definition) is 1. The predicted octanol–water partition coefficient (Wildman–Crippen LogP) is 3.20. The van der Waals surface area contributed by atoms with Crippen molar-refractivity contribution in [1.29, 1.82) is 0 Å². The van der Waals surface area contributed by atoms with Crippen molar-refractivity contribution >= 4 is 5.91 Å². The first-order valence-corrected chi connectivity index (χ1v) is 7.00. The van der Waals surface area contributed by atoms with E-state index in [0.717, 1.165) is 5.01 Å². The quantitative estimate of drug-likeness (QED) is 0.865. The number of amides is 1. The summed E-state index contributed by atoms with van der Waals surface area (Å²) in [5, 5.41) is 0.955. The molecule has 0 aromatic heterocycles. The van der Waals surface area contributed by atoms with Gasteiger partial charge in [-0.25, -0.2) is 9.40 Å². The van der Waals surface area contributed by atoms with Crippen molar-refractivity contribution in [2.75, 3.05) is 0 Å². The van der Waals surface area contributed by atoms with E-state index in [9.17, 15) is 22.4 Å². The third-order valence-corrected chi connectivity index (χ3v) is 3.82. The van der Waals surface area contributed by atoms with E-state index >= 15 is 0 Å². The van der Waals surface area contributed by atoms with Crippen LogP contribution in [0, 0.1) is 5.82 Å². The van der Waals surface area contributed by atoms with E-state index in [1.165, 1.54) is 18.2 Å². The number of nitrogens with one attached hydrogen (secondary N) is 1. The van der Waals surface area contributed by atoms with Gasteiger partial charge in [0.05, 0.1) is 0 Å². The van der Waals surface area contributed by atoms with Crippen molar-refractivity contribution in [2.24, 2.45) is 0 Å². The Hall–Kier alpha value is -1.63. The fraction of sp³-hybridized carbons (Fsp3) is 0.533. The summed E-state index contributed by atoms with van der Waals surface area (Å²) in [5.74, 6) is -0.960. The molecule has 1 saturated heterocycles. The zero-order valence-electron chi connectivity index (χ0n) is 12.4. The average molecular weight is 318 g/mol. The molecule has 1 fully saturated rings. The molecule has 0 saturated carbocycles. The number of carbonyl (C=O) groups is 1. The van der Waals surface area contributed by atoms with Crippen LogP contribution in [0.2, 0.25) is 0 Å². The van der Waals surface area contributed by atoms with Crippen molar-refractivity contribution in [3.05, 3.63) is 35.6 Å². The number of carbonyl (C=O) groups excluding carboxylic acids is 1. The van der Waals surface area contributed by atoms with Crippen LogP contribution >= 0.6 is 0 Å². The van der Waals surface area contributed by atoms with E-state index in [4.69, 9.17) is 0 Å². The predicted molar refractivity (Wildman–Crippen MR) is 73.2 cm³/mol. The molecule has 22 heavy (non-hydrogen) atoms. The van der Waals surface area contributed by atoms with Gasteiger partial charge in [-0.15, -0.1) is 0 Å². The van der Waals surface area contributed by atoms with E-state index in [1.54, 1.807) is 19.9 Å². The minimum atomic E-state index is -4.51. The van der Waals surface area contributed by atoms with Gasteiger partial charge < -0.3 is 0 Å². The molecular weight excluding hydrogens is 300 g/mol. The summed E-state index contributed by atoms with van der Waals surface area (Å²) in [7, 11) is 0. The van der Waals surface area contributed by atoms with Crippen molar-refractivity contribution in [3.63, 3.8) is 0 Å². The number of aryl methyl sites for hydroxylation is 1. The highest BCUT2D eigenvalue weighted by Crippen LogP contribution is 2.35. The van der Waals surface area contributed by atoms with Crippen LogP contribution in [0.25, 0.3) is 0 Å². The number of hydrazine groups is 1. The Balaban J connectivity index is 2.18. The number of alkyl halides is 3. The van der Waals surface area contributed by atoms with Gasteiger partial charge in [-0.2, -0.15) is 13.2 Å². The summed E-state index contributed by atoms with van der Waals surface area (Å²) in [6.45, 7) is 3.15. The van der Waals surface area contributed by atoms with Crippen LogP contribution < -0.4 is 5.43 Å². The minimum absolute atomic E-state index is 0.000716. The molecular formula is C15H18F4N2O. The second kappa shape index (κ2) is 5.87. The molecule has 0 aliphatic carbocycles. The molecule has 1 aromatic rings. The second-order valence-corrected chi connectivity index (χ2v) is 6.08. The summed E-state index contributed by atoms with van der Waals surface area (Å²) in [6, 6.07) is 3.91. The van der Waals surface area contributed by atoms with Gasteiger partial charge in [0.25, 0.3) is 0 Å². The Morgan fingerprint density at radius 3 is 2.45 bits per heavy atom. The lowest BCUT2D eigenvalue weighted by Crippen LogP contribution is -2.56. The Morgan fingerprint density at radius 2 is 1.95 bits per heavy atom. The SMILES string of the molecule is CC1(C)CC(=O)NN1[C@@H](CCc1ccccc1F)C(F)(F)F. The first-order valence-electron chi connectivity index (χ1n) is 7.00. The van der Waals surface area contributed by atoms with Gasteiger partial charge in [-0.05, 0) is 38.3 Å². The lowest BCUT2D eigenvalue weighted by atomic mass is 9.97. The maximum Gasteiger partial charge on any atom is 0.405 e. The number of rotatable bonds is 4. The number of halogens is 4. The highest BCUT2D eigenvalue weighted by Gasteiger charge is 2.51. The normalized spacial score (nSPS) is 20.0. The van der Waals surface area contributed by atoms with Gasteiger partial charge in [0.15, 0.2) is 0 Å². The molecule has 1 heterocycles. The third-order valence-electron chi connectivity index (χ3n) is 3.82. The van der Waals surface area contributed by atoms with Crippen LogP contribution in [0.5, 0.6) is 0 Å². The maximum absolute atomic E-state index is 13.6. The summed E-state index contributed by atoms with van der Waals surface area (Å²) in [5.41, 5.74) is 1.58. The zero-order chi connectivity index (χ0) is 16.5. The van der Waals surface area contributed by atoms with Crippen molar-refractivity contribution in [3.8, 4) is 0 Å². The highest BCUT2D eigenvalue weighted by molar-refractivity contribution is 5.78. The molecule has 1 aromatic carbocycles. The summed E-state index contributed by atoms with van der Waals surface area (Å²) >= 11 is 0. The number of nitrogens with zero attached hydrogens (tertiary/aromatic N) is 1. The lowest BCUT2D eigenvalue weighted by Gasteiger charge is -2.37. The molecule has 1 N–H and O–H groups in total. The Bertz CT molecular complexity index is 557. The molecule has 0 bridgehead atoms. The summed E-state index contributed by atoms with van der Waals surface area (Å²) in [6.07, 6.45) is -4.90. The van der Waals surface area contributed by atoms with Gasteiger partial charge in [-0.3, -0.25) is 10.2 Å². The summed E-state index contributed by atoms with van der Waals surface area (Å²) < 4.78 is 53.6. The van der Waals surface area contributed by atoms with Crippen LogP contribution in [-0.4, -0.2) is 28.7 Å². The summed E-state index contributed by atoms with van der Waals surface area (Å²) in [4.78, 5) is 11.4. The third kappa shape index (κ3) is 3.58. The first kappa shape index (κ1) is 16.7. The molecule has 0 unspecified atom stereocenters. The van der Waals surface area contributed by atoms with Crippen LogP contribution in [-0.2, 0) is 11.2 Å². The fourth-order valence-electron chi connectivity index (χ4n) is 2.74. The molecule has 1 atom stereocenters. The molecule has 0 radical (unpaired) electrons. The Labute approximate surface area is 126 Å². The molecule has 122 valence electrons. The van der Waals surface area contributed by atoms with Gasteiger partial charge in [0.2, 0.25) is 5.91 Å². The molecule has 1 amide bonds. The smallest absolute Gasteiger partial charge is 0.288 e. The van der Waals surface area contributed by atoms with Crippen LogP contribution in [0.1, 0.15) is 32.3 Å². The van der Waals surface area contributed by atoms with Gasteiger partial charge >= 0.3 is 6.18 Å². The monoisotopic (exact) mass is 318 g/mol. The Kier molecular flexibility index (Phi) is 4.47. The number of hydrogen-bond acceptors (Lipinski definition) is 2. The molecule has 2 rings (SSSR count). The zero-order valence-corrected chi connectivity index (χ0v) is 12.4. The largest absolute Gasteiger partial charge is 0.405 e. The maximum atomic E-state index is 13.6. The first-order chi connectivity index (χ1) is 10.1. The van der Waals surface area contributed by atoms with Gasteiger partial charge in [0.1, 0.15) is 11.9 Å². The van der Waals surface area contributed by atoms with E-state index in [2.05, 4.69) is 5.43 Å². The van der Waals surface area contributed by atoms with Crippen LogP contribution in [0.15, 0.2) is 24.3 Å². The lowest BCUT2D eigenvalue weighted by molar-refractivity contribution is -0.202. The van der Waals surface area contributed by atoms with Crippen molar-refractivity contribution in [2.45, 2.75) is 50.9 Å². The highest BCUT2D eigenvalue weighted by atomic mass is 19.4. The molecule has 1 aliphatic rings. The molecule has 0 spiro atoms. The topological polar surface area (TPSA) is 32.3 Å². The van der Waals surface area contributed by atoms with Crippen molar-refractivity contribution in [1.82, 2.24) is 10.4 Å². The molecule has 3 nitrogen and oxygen atoms in total. The average Bonchev–Trinajstić information content (AvgIpc) is 2.63. The van der Waals surface area contributed by atoms with E-state index in [-0.39, 0.29) is 24.8 Å². The second-order valence-electron chi connectivity index (χ2n) is 6.08. The van der Waals surface area contributed by atoms with Crippen molar-refractivity contribution < 1.29 is 22.4 Å². The van der Waals surface area contributed by atoms with E-state index < -0.39 is 29.5 Å². The van der Waals surface area contributed by atoms with E-state index in [1.807, 2.05) is 0 Å². The van der Waals surface area contributed by atoms with Crippen LogP contribution in [0.3, 0.4) is 0 Å². The Morgan fingerprint density at radius 1 is 1.32 bits per heavy atom. The molecule has 1 aliphatic heterocycles. The fourth-order valence-corrected chi connectivity index (χ4v) is 2.74.